The normalized spacial score (nSPS) is 10.0. The van der Waals surface area contributed by atoms with E-state index >= 15 is 0 Å². The van der Waals surface area contributed by atoms with E-state index in [1.54, 1.807) is 25.2 Å². The summed E-state index contributed by atoms with van der Waals surface area (Å²) in [6.45, 7) is 0. The first-order valence-corrected chi connectivity index (χ1v) is 6.38. The van der Waals surface area contributed by atoms with Crippen molar-refractivity contribution in [2.24, 2.45) is 7.05 Å². The van der Waals surface area contributed by atoms with Crippen LogP contribution in [0.5, 0.6) is 0 Å². The van der Waals surface area contributed by atoms with E-state index in [4.69, 9.17) is 16.9 Å². The Morgan fingerprint density at radius 2 is 2.26 bits per heavy atom. The summed E-state index contributed by atoms with van der Waals surface area (Å²) in [5.41, 5.74) is 0.696. The Morgan fingerprint density at radius 3 is 2.89 bits per heavy atom. The van der Waals surface area contributed by atoms with Gasteiger partial charge in [0.05, 0.1) is 6.20 Å². The standard InChI is InChI=1S/C12H8BrClN4O/c1-18-11(8(5-15)6-16-18)17-12(19)7-2-9(13)4-10(14)3-7/h2-4,6H,1H3,(H,17,19). The second-order valence-electron chi connectivity index (χ2n) is 3.75. The molecule has 0 aliphatic heterocycles. The zero-order chi connectivity index (χ0) is 14.0. The number of nitrogens with one attached hydrogen (secondary N) is 1. The van der Waals surface area contributed by atoms with Crippen molar-refractivity contribution in [3.05, 3.63) is 45.0 Å². The number of rotatable bonds is 2. The van der Waals surface area contributed by atoms with E-state index in [2.05, 4.69) is 26.3 Å². The third-order valence-corrected chi connectivity index (χ3v) is 3.09. The Morgan fingerprint density at radius 1 is 1.53 bits per heavy atom. The Labute approximate surface area is 122 Å². The summed E-state index contributed by atoms with van der Waals surface area (Å²) in [6, 6.07) is 6.83. The molecule has 1 aromatic carbocycles. The van der Waals surface area contributed by atoms with Gasteiger partial charge in [-0.25, -0.2) is 0 Å². The number of benzene rings is 1. The number of aromatic nitrogens is 2. The lowest BCUT2D eigenvalue weighted by molar-refractivity contribution is 0.102. The van der Waals surface area contributed by atoms with Crippen molar-refractivity contribution in [1.82, 2.24) is 9.78 Å². The molecule has 0 aliphatic rings. The van der Waals surface area contributed by atoms with Crippen LogP contribution in [0, 0.1) is 11.3 Å². The lowest BCUT2D eigenvalue weighted by Crippen LogP contribution is -2.15. The first kappa shape index (κ1) is 13.6. The molecule has 5 nitrogen and oxygen atoms in total. The van der Waals surface area contributed by atoms with Crippen LogP contribution in [0.3, 0.4) is 0 Å². The minimum atomic E-state index is -0.358. The highest BCUT2D eigenvalue weighted by Crippen LogP contribution is 2.21. The van der Waals surface area contributed by atoms with E-state index in [0.717, 1.165) is 0 Å². The number of carbonyl (C=O) groups excluding carboxylic acids is 1. The lowest BCUT2D eigenvalue weighted by atomic mass is 10.2. The average molecular weight is 340 g/mol. The molecular formula is C12H8BrClN4O. The minimum Gasteiger partial charge on any atom is -0.306 e. The van der Waals surface area contributed by atoms with Crippen molar-refractivity contribution in [2.75, 3.05) is 5.32 Å². The molecule has 1 amide bonds. The molecule has 19 heavy (non-hydrogen) atoms. The van der Waals surface area contributed by atoms with E-state index in [-0.39, 0.29) is 5.91 Å². The molecule has 0 aliphatic carbocycles. The Kier molecular flexibility index (Phi) is 3.88. The molecule has 0 radical (unpaired) electrons. The van der Waals surface area contributed by atoms with Crippen molar-refractivity contribution in [2.45, 2.75) is 0 Å². The number of nitriles is 1. The third kappa shape index (κ3) is 2.95. The van der Waals surface area contributed by atoms with Gasteiger partial charge in [-0.2, -0.15) is 10.4 Å². The van der Waals surface area contributed by atoms with E-state index in [1.165, 1.54) is 10.9 Å². The summed E-state index contributed by atoms with van der Waals surface area (Å²) in [5, 5.41) is 15.9. The zero-order valence-electron chi connectivity index (χ0n) is 9.82. The molecule has 0 saturated heterocycles. The summed E-state index contributed by atoms with van der Waals surface area (Å²) >= 11 is 9.15. The third-order valence-electron chi connectivity index (χ3n) is 2.42. The molecule has 0 fully saturated rings. The maximum absolute atomic E-state index is 12.1. The monoisotopic (exact) mass is 338 g/mol. The summed E-state index contributed by atoms with van der Waals surface area (Å²) in [4.78, 5) is 12.1. The highest BCUT2D eigenvalue weighted by Gasteiger charge is 2.14. The van der Waals surface area contributed by atoms with Gasteiger partial charge in [0.25, 0.3) is 5.91 Å². The van der Waals surface area contributed by atoms with Gasteiger partial charge in [0, 0.05) is 22.1 Å². The molecule has 96 valence electrons. The van der Waals surface area contributed by atoms with Crippen LogP contribution in [0.15, 0.2) is 28.9 Å². The Bertz CT molecular complexity index is 669. The van der Waals surface area contributed by atoms with Crippen molar-refractivity contribution >= 4 is 39.3 Å². The smallest absolute Gasteiger partial charge is 0.256 e. The molecule has 7 heteroatoms. The van der Waals surface area contributed by atoms with Crippen molar-refractivity contribution in [1.29, 1.82) is 5.26 Å². The second-order valence-corrected chi connectivity index (χ2v) is 5.11. The number of carbonyl (C=O) groups is 1. The van der Waals surface area contributed by atoms with Crippen LogP contribution in [0.4, 0.5) is 5.82 Å². The summed E-state index contributed by atoms with van der Waals surface area (Å²) in [5.74, 6) is -0.00750. The maximum atomic E-state index is 12.1. The van der Waals surface area contributed by atoms with E-state index in [1.807, 2.05) is 6.07 Å². The van der Waals surface area contributed by atoms with Crippen molar-refractivity contribution in [3.8, 4) is 6.07 Å². The van der Waals surface area contributed by atoms with Gasteiger partial charge in [0.15, 0.2) is 0 Å². The zero-order valence-corrected chi connectivity index (χ0v) is 12.2. The predicted octanol–water partition coefficient (Wildman–Crippen LogP) is 2.96. The molecule has 1 N–H and O–H groups in total. The van der Waals surface area contributed by atoms with E-state index in [0.29, 0.717) is 26.4 Å². The average Bonchev–Trinajstić information content (AvgIpc) is 2.69. The maximum Gasteiger partial charge on any atom is 0.256 e. The molecule has 0 saturated carbocycles. The fourth-order valence-electron chi connectivity index (χ4n) is 1.53. The number of nitrogens with zero attached hydrogens (tertiary/aromatic N) is 3. The molecule has 2 rings (SSSR count). The highest BCUT2D eigenvalue weighted by molar-refractivity contribution is 9.10. The fourth-order valence-corrected chi connectivity index (χ4v) is 2.39. The minimum absolute atomic E-state index is 0.303. The number of hydrogen-bond acceptors (Lipinski definition) is 3. The number of amides is 1. The Balaban J connectivity index is 2.31. The molecule has 1 heterocycles. The number of aryl methyl sites for hydroxylation is 1. The topological polar surface area (TPSA) is 70.7 Å². The molecular weight excluding hydrogens is 332 g/mol. The van der Waals surface area contributed by atoms with Gasteiger partial charge in [-0.05, 0) is 18.2 Å². The van der Waals surface area contributed by atoms with Gasteiger partial charge in [-0.15, -0.1) is 0 Å². The largest absolute Gasteiger partial charge is 0.306 e. The number of hydrogen-bond donors (Lipinski definition) is 1. The van der Waals surface area contributed by atoms with Crippen LogP contribution in [0.2, 0.25) is 5.02 Å². The van der Waals surface area contributed by atoms with Crippen molar-refractivity contribution in [3.63, 3.8) is 0 Å². The summed E-state index contributed by atoms with van der Waals surface area (Å²) in [7, 11) is 1.64. The molecule has 0 spiro atoms. The molecule has 0 bridgehead atoms. The van der Waals surface area contributed by atoms with Gasteiger partial charge in [0.2, 0.25) is 0 Å². The summed E-state index contributed by atoms with van der Waals surface area (Å²) in [6.07, 6.45) is 1.39. The van der Waals surface area contributed by atoms with Gasteiger partial charge < -0.3 is 5.32 Å². The first-order valence-electron chi connectivity index (χ1n) is 5.21. The predicted molar refractivity (Wildman–Crippen MR) is 75.0 cm³/mol. The lowest BCUT2D eigenvalue weighted by Gasteiger charge is -2.07. The quantitative estimate of drug-likeness (QED) is 0.914. The van der Waals surface area contributed by atoms with Gasteiger partial charge >= 0.3 is 0 Å². The van der Waals surface area contributed by atoms with Crippen LogP contribution in [0.1, 0.15) is 15.9 Å². The number of anilines is 1. The van der Waals surface area contributed by atoms with Crippen LogP contribution in [-0.4, -0.2) is 15.7 Å². The SMILES string of the molecule is Cn1ncc(C#N)c1NC(=O)c1cc(Cl)cc(Br)c1. The summed E-state index contributed by atoms with van der Waals surface area (Å²) < 4.78 is 2.13. The highest BCUT2D eigenvalue weighted by atomic mass is 79.9. The van der Waals surface area contributed by atoms with Crippen LogP contribution < -0.4 is 5.32 Å². The second kappa shape index (κ2) is 5.43. The number of halogens is 2. The van der Waals surface area contributed by atoms with E-state index < -0.39 is 0 Å². The van der Waals surface area contributed by atoms with Gasteiger partial charge in [-0.3, -0.25) is 9.48 Å². The van der Waals surface area contributed by atoms with Crippen molar-refractivity contribution < 1.29 is 4.79 Å². The van der Waals surface area contributed by atoms with E-state index in [9.17, 15) is 4.79 Å². The molecule has 0 unspecified atom stereocenters. The van der Waals surface area contributed by atoms with Crippen LogP contribution >= 0.6 is 27.5 Å². The molecule has 1 aromatic heterocycles. The van der Waals surface area contributed by atoms with Gasteiger partial charge in [-0.1, -0.05) is 27.5 Å². The molecule has 0 atom stereocenters. The Hall–Kier alpha value is -1.84. The first-order chi connectivity index (χ1) is 9.01. The van der Waals surface area contributed by atoms with Gasteiger partial charge in [0.1, 0.15) is 17.5 Å². The fraction of sp³-hybridized carbons (Fsp3) is 0.0833. The molecule has 2 aromatic rings. The van der Waals surface area contributed by atoms with Crippen LogP contribution in [0.25, 0.3) is 0 Å². The van der Waals surface area contributed by atoms with Crippen LogP contribution in [-0.2, 0) is 7.05 Å².